The van der Waals surface area contributed by atoms with E-state index in [1.54, 1.807) is 0 Å². The second-order valence-corrected chi connectivity index (χ2v) is 28.7. The summed E-state index contributed by atoms with van der Waals surface area (Å²) in [5.41, 5.74) is 19.0. The Morgan fingerprint density at radius 3 is 0.800 bits per heavy atom. The summed E-state index contributed by atoms with van der Waals surface area (Å²) >= 11 is 12.7. The van der Waals surface area contributed by atoms with Gasteiger partial charge in [-0.2, -0.15) is 0 Å². The zero-order chi connectivity index (χ0) is 77.3. The van der Waals surface area contributed by atoms with Crippen LogP contribution >= 0.6 is 23.2 Å². The number of rotatable bonds is 18. The number of H-pyrrole nitrogens is 4. The van der Waals surface area contributed by atoms with Gasteiger partial charge in [-0.1, -0.05) is 171 Å². The first-order chi connectivity index (χ1) is 53.1. The minimum Gasteiger partial charge on any atom is -0.322 e. The fourth-order valence-corrected chi connectivity index (χ4v) is 14.1. The van der Waals surface area contributed by atoms with Crippen LogP contribution in [0.3, 0.4) is 0 Å². The minimum absolute atomic E-state index is 0.242. The van der Waals surface area contributed by atoms with Crippen LogP contribution in [0.5, 0.6) is 0 Å². The monoisotopic (exact) mass is 1500 g/mol. The van der Waals surface area contributed by atoms with Gasteiger partial charge < -0.3 is 39.5 Å². The van der Waals surface area contributed by atoms with Crippen molar-refractivity contribution in [1.29, 1.82) is 0 Å². The molecule has 0 aliphatic carbocycles. The van der Waals surface area contributed by atoms with Crippen LogP contribution in [0.2, 0.25) is 10.0 Å². The lowest BCUT2D eigenvalue weighted by molar-refractivity contribution is 0.721. The summed E-state index contributed by atoms with van der Waals surface area (Å²) in [5.74, 6) is 2.27. The van der Waals surface area contributed by atoms with Crippen LogP contribution in [0.25, 0.3) is 26.3 Å². The highest BCUT2D eigenvalue weighted by molar-refractivity contribution is 6.32. The van der Waals surface area contributed by atoms with E-state index in [2.05, 4.69) is 221 Å². The van der Waals surface area contributed by atoms with E-state index in [0.29, 0.717) is 83.2 Å². The maximum atomic E-state index is 12.5. The van der Waals surface area contributed by atoms with Crippen molar-refractivity contribution in [2.75, 3.05) is 45.8 Å². The summed E-state index contributed by atoms with van der Waals surface area (Å²) in [5, 5.41) is 2.71. The SMILES string of the molecule is C=c1nc2c(c(=O)[nH]1)=Nc1cc(C)c(C)cc1N2CCCCc1ccccc1.C=c1nc2c(c(=O)[nH]1)=Nc1cc(C)c(C)cc1N2CCCc1ccccc1.C=c1nc2c(c(=O)[nH]1)=Nc1cc(C)c(Cl)cc1N2CCCCc1ccccc1.C=c1nc2c(c(=O)[nH]1)=Nc1cc(C)c(Cl)cc1N2CCCc1ccccc1. The number of aromatic amines is 4. The normalized spacial score (nSPS) is 12.3. The van der Waals surface area contributed by atoms with E-state index < -0.39 is 0 Å². The predicted octanol–water partition coefficient (Wildman–Crippen LogP) is 12.8. The number of anilines is 8. The zero-order valence-corrected chi connectivity index (χ0v) is 64.2. The number of hydrogen-bond acceptors (Lipinski definition) is 16. The molecule has 0 spiro atoms. The Morgan fingerprint density at radius 2 is 0.527 bits per heavy atom. The Morgan fingerprint density at radius 1 is 0.300 bits per heavy atom. The molecular formula is C88H86Cl2N16O4. The second kappa shape index (κ2) is 33.9. The minimum atomic E-state index is -0.281. The lowest BCUT2D eigenvalue weighted by Crippen LogP contribution is -2.42. The van der Waals surface area contributed by atoms with Crippen molar-refractivity contribution >= 4 is 118 Å². The van der Waals surface area contributed by atoms with Crippen LogP contribution in [-0.2, 0) is 25.7 Å². The van der Waals surface area contributed by atoms with E-state index >= 15 is 0 Å². The number of aromatic nitrogens is 8. The number of hydrogen-bond donors (Lipinski definition) is 4. The van der Waals surface area contributed by atoms with Crippen molar-refractivity contribution in [2.24, 2.45) is 20.0 Å². The molecule has 0 radical (unpaired) electrons. The van der Waals surface area contributed by atoms with E-state index in [4.69, 9.17) is 23.2 Å². The zero-order valence-electron chi connectivity index (χ0n) is 62.6. The van der Waals surface area contributed by atoms with E-state index in [1.807, 2.05) is 96.4 Å². The molecule has 22 heteroatoms. The summed E-state index contributed by atoms with van der Waals surface area (Å²) in [6, 6.07) is 57.6. The average molecular weight is 1500 g/mol. The van der Waals surface area contributed by atoms with Crippen molar-refractivity contribution in [2.45, 2.75) is 106 Å². The Hall–Kier alpha value is -12.3. The number of benzene rings is 8. The van der Waals surface area contributed by atoms with Gasteiger partial charge in [-0.15, -0.1) is 0 Å². The van der Waals surface area contributed by atoms with Gasteiger partial charge in [0.1, 0.15) is 21.9 Å². The van der Waals surface area contributed by atoms with Crippen molar-refractivity contribution in [3.63, 3.8) is 0 Å². The molecule has 8 heterocycles. The third-order valence-corrected chi connectivity index (χ3v) is 20.6. The molecule has 0 saturated carbocycles. The van der Waals surface area contributed by atoms with Gasteiger partial charge in [-0.25, -0.2) is 39.9 Å². The van der Waals surface area contributed by atoms with Gasteiger partial charge in [0.25, 0.3) is 22.2 Å². The smallest absolute Gasteiger partial charge is 0.279 e. The number of halogens is 2. The van der Waals surface area contributed by atoms with E-state index in [0.717, 1.165) is 152 Å². The van der Waals surface area contributed by atoms with Gasteiger partial charge in [-0.3, -0.25) is 19.2 Å². The van der Waals surface area contributed by atoms with Crippen LogP contribution in [0.15, 0.2) is 209 Å². The third kappa shape index (κ3) is 17.5. The molecule has 12 aromatic rings. The van der Waals surface area contributed by atoms with Crippen molar-refractivity contribution in [3.05, 3.63) is 320 Å². The molecule has 16 rings (SSSR count). The second-order valence-electron chi connectivity index (χ2n) is 27.9. The highest BCUT2D eigenvalue weighted by atomic mass is 35.5. The Labute approximate surface area is 646 Å². The lowest BCUT2D eigenvalue weighted by Gasteiger charge is -2.28. The Balaban J connectivity index is 0.000000129. The largest absolute Gasteiger partial charge is 0.322 e. The highest BCUT2D eigenvalue weighted by Gasteiger charge is 2.28. The maximum absolute atomic E-state index is 12.5. The molecule has 0 amide bonds. The van der Waals surface area contributed by atoms with Crippen molar-refractivity contribution in [3.8, 4) is 0 Å². The summed E-state index contributed by atoms with van der Waals surface area (Å²) in [4.78, 5) is 105. The first-order valence-corrected chi connectivity index (χ1v) is 37.7. The predicted molar refractivity (Wildman–Crippen MR) is 444 cm³/mol. The van der Waals surface area contributed by atoms with Crippen LogP contribution in [-0.4, -0.2) is 66.1 Å². The van der Waals surface area contributed by atoms with E-state index in [9.17, 15) is 19.2 Å². The van der Waals surface area contributed by atoms with Crippen LogP contribution < -0.4 is 85.2 Å². The molecule has 556 valence electrons. The van der Waals surface area contributed by atoms with E-state index in [-0.39, 0.29) is 22.2 Å². The quantitative estimate of drug-likeness (QED) is 0.0586. The number of aryl methyl sites for hydroxylation is 10. The van der Waals surface area contributed by atoms with Crippen molar-refractivity contribution in [1.82, 2.24) is 39.9 Å². The number of nitrogens with one attached hydrogen (secondary N) is 4. The molecule has 110 heavy (non-hydrogen) atoms. The average Bonchev–Trinajstić information content (AvgIpc) is 0.775. The maximum Gasteiger partial charge on any atom is 0.279 e. The molecule has 4 aromatic heterocycles. The van der Waals surface area contributed by atoms with Gasteiger partial charge >= 0.3 is 0 Å². The number of unbranched alkanes of at least 4 members (excludes halogenated alkanes) is 2. The third-order valence-electron chi connectivity index (χ3n) is 19.8. The Kier molecular flexibility index (Phi) is 23.4. The van der Waals surface area contributed by atoms with E-state index in [1.165, 1.54) is 33.4 Å². The number of nitrogens with zero attached hydrogens (tertiary/aromatic N) is 12. The fourth-order valence-electron chi connectivity index (χ4n) is 13.8. The molecule has 20 nitrogen and oxygen atoms in total. The Bertz CT molecular complexity index is 5850. The van der Waals surface area contributed by atoms with Gasteiger partial charge in [0.15, 0.2) is 44.7 Å². The molecule has 0 bridgehead atoms. The molecule has 0 saturated heterocycles. The standard InChI is InChI=1S/C23H24N4O.C22H21ClN4O.C22H22N4O.C21H19ClN4O/c1-15-13-19-20(14-16(15)2)27(12-8-7-11-18-9-5-4-6-10-18)22-21(26-19)23(28)25-17(3)24-22;1-14-12-18-19(13-17(14)23)27(11-7-6-10-16-8-4-3-5-9-16)21-20(26-18)22(28)25-15(2)24-21;1-14-12-18-19(13-15(14)2)26(11-7-10-17-8-5-4-6-9-17)21-20(25-18)22(27)24-16(3)23-21;1-13-11-17-18(12-16(13)22)26(10-6-9-15-7-4-3-5-8-15)20-19(25-17)21(27)24-14(2)23-20/h4-6,9-10,13-14H,3,7-8,11-12H2,1-2H3,(H,25,28);3-5,8-9,12-13H,2,6-7,10-11H2,1H3,(H,25,28);4-6,8-9,12-13H,3,7,10-11H2,1-2H3,(H,24,27);3-5,7-8,11-12H,2,6,9-10H2,1H3,(H,24,27). The molecule has 4 aliphatic rings. The lowest BCUT2D eigenvalue weighted by atomic mass is 10.0. The molecule has 0 atom stereocenters. The fraction of sp³-hybridized carbons (Fsp3) is 0.227. The molecule has 8 aromatic carbocycles. The molecule has 4 N–H and O–H groups in total. The first-order valence-electron chi connectivity index (χ1n) is 36.9. The topological polar surface area (TPSA) is 245 Å². The summed E-state index contributed by atoms with van der Waals surface area (Å²) < 4.78 is 0. The molecule has 0 fully saturated rings. The molecule has 0 unspecified atom stereocenters. The summed E-state index contributed by atoms with van der Waals surface area (Å²) in [6.07, 6.45) is 9.80. The van der Waals surface area contributed by atoms with Crippen molar-refractivity contribution < 1.29 is 0 Å². The highest BCUT2D eigenvalue weighted by Crippen LogP contribution is 2.42. The van der Waals surface area contributed by atoms with Gasteiger partial charge in [0.2, 0.25) is 0 Å². The van der Waals surface area contributed by atoms with Crippen LogP contribution in [0, 0.1) is 41.5 Å². The summed E-state index contributed by atoms with van der Waals surface area (Å²) in [6.45, 7) is 30.3. The van der Waals surface area contributed by atoms with Crippen LogP contribution in [0.1, 0.15) is 94.2 Å². The number of fused-ring (bicyclic) bond motifs is 8. The van der Waals surface area contributed by atoms with Gasteiger partial charge in [0.05, 0.1) is 45.5 Å². The van der Waals surface area contributed by atoms with Gasteiger partial charge in [-0.05, 0) is 210 Å². The van der Waals surface area contributed by atoms with Gasteiger partial charge in [0, 0.05) is 36.2 Å². The van der Waals surface area contributed by atoms with Crippen LogP contribution in [0.4, 0.5) is 68.8 Å². The molecule has 4 aliphatic heterocycles. The molecular weight excluding hydrogens is 1420 g/mol. The first kappa shape index (κ1) is 76.0. The summed E-state index contributed by atoms with van der Waals surface area (Å²) in [7, 11) is 0.